The second-order valence-corrected chi connectivity index (χ2v) is 6.27. The maximum atomic E-state index is 13.0. The topological polar surface area (TPSA) is 81.0 Å². The summed E-state index contributed by atoms with van der Waals surface area (Å²) in [7, 11) is 4.89. The summed E-state index contributed by atoms with van der Waals surface area (Å²) < 4.78 is 12.4. The molecule has 1 N–H and O–H groups in total. The van der Waals surface area contributed by atoms with E-state index in [9.17, 15) is 14.7 Å². The summed E-state index contributed by atoms with van der Waals surface area (Å²) in [5, 5.41) is 9.40. The predicted molar refractivity (Wildman–Crippen MR) is 94.7 cm³/mol. The van der Waals surface area contributed by atoms with Gasteiger partial charge in [0, 0.05) is 19.8 Å². The minimum atomic E-state index is -0.956. The number of aromatic nitrogens is 1. The van der Waals surface area contributed by atoms with Crippen LogP contribution in [0.4, 0.5) is 0 Å². The number of aryl methyl sites for hydroxylation is 1. The van der Waals surface area contributed by atoms with Crippen molar-refractivity contribution in [2.75, 3.05) is 20.8 Å². The monoisotopic (exact) mass is 358 g/mol. The molecule has 0 radical (unpaired) electrons. The lowest BCUT2D eigenvalue weighted by Gasteiger charge is -2.37. The zero-order chi connectivity index (χ0) is 18.8. The molecule has 1 amide bonds. The van der Waals surface area contributed by atoms with Crippen molar-refractivity contribution in [3.05, 3.63) is 47.3 Å². The van der Waals surface area contributed by atoms with Gasteiger partial charge in [0.15, 0.2) is 11.5 Å². The van der Waals surface area contributed by atoms with Gasteiger partial charge in [-0.1, -0.05) is 0 Å². The number of nitrogens with zero attached hydrogens (tertiary/aromatic N) is 2. The van der Waals surface area contributed by atoms with E-state index in [0.29, 0.717) is 30.2 Å². The largest absolute Gasteiger partial charge is 0.493 e. The van der Waals surface area contributed by atoms with Crippen molar-refractivity contribution >= 4 is 11.9 Å². The molecule has 1 aliphatic rings. The normalized spacial score (nSPS) is 16.1. The molecule has 7 nitrogen and oxygen atoms in total. The fourth-order valence-corrected chi connectivity index (χ4v) is 3.49. The maximum absolute atomic E-state index is 13.0. The van der Waals surface area contributed by atoms with Crippen LogP contribution in [0, 0.1) is 0 Å². The van der Waals surface area contributed by atoms with Crippen LogP contribution in [0.15, 0.2) is 30.5 Å². The predicted octanol–water partition coefficient (Wildman–Crippen LogP) is 2.26. The number of fused-ring (bicyclic) bond motifs is 1. The first-order chi connectivity index (χ1) is 12.5. The Kier molecular flexibility index (Phi) is 4.88. The van der Waals surface area contributed by atoms with E-state index >= 15 is 0 Å². The van der Waals surface area contributed by atoms with Crippen molar-refractivity contribution < 1.29 is 24.2 Å². The summed E-state index contributed by atoms with van der Waals surface area (Å²) in [6, 6.07) is 6.63. The van der Waals surface area contributed by atoms with Crippen molar-refractivity contribution in [2.24, 2.45) is 7.05 Å². The SMILES string of the molecule is COc1cc2c(cc1OC)C(CC(=O)O)N(C(=O)c1cccn1C)CC2. The summed E-state index contributed by atoms with van der Waals surface area (Å²) >= 11 is 0. The van der Waals surface area contributed by atoms with E-state index in [1.165, 1.54) is 7.11 Å². The molecule has 26 heavy (non-hydrogen) atoms. The smallest absolute Gasteiger partial charge is 0.305 e. The van der Waals surface area contributed by atoms with Crippen LogP contribution in [0.3, 0.4) is 0 Å². The number of benzene rings is 1. The third kappa shape index (κ3) is 3.12. The number of carbonyl (C=O) groups is 2. The Balaban J connectivity index is 2.05. The van der Waals surface area contributed by atoms with E-state index in [4.69, 9.17) is 9.47 Å². The van der Waals surface area contributed by atoms with Crippen LogP contribution in [0.1, 0.15) is 34.1 Å². The lowest BCUT2D eigenvalue weighted by atomic mass is 9.89. The molecule has 7 heteroatoms. The highest BCUT2D eigenvalue weighted by molar-refractivity contribution is 5.93. The molecule has 1 aromatic carbocycles. The van der Waals surface area contributed by atoms with Gasteiger partial charge in [0.05, 0.1) is 26.7 Å². The maximum Gasteiger partial charge on any atom is 0.305 e. The van der Waals surface area contributed by atoms with Gasteiger partial charge in [-0.15, -0.1) is 0 Å². The quantitative estimate of drug-likeness (QED) is 0.887. The Morgan fingerprint density at radius 3 is 2.50 bits per heavy atom. The number of methoxy groups -OCH3 is 2. The molecule has 0 aliphatic carbocycles. The molecule has 3 rings (SSSR count). The minimum absolute atomic E-state index is 0.168. The molecule has 2 heterocycles. The van der Waals surface area contributed by atoms with E-state index in [1.807, 2.05) is 6.07 Å². The highest BCUT2D eigenvalue weighted by atomic mass is 16.5. The highest BCUT2D eigenvalue weighted by Crippen LogP contribution is 2.39. The summed E-state index contributed by atoms with van der Waals surface area (Å²) in [4.78, 5) is 26.1. The van der Waals surface area contributed by atoms with Gasteiger partial charge in [-0.25, -0.2) is 0 Å². The zero-order valence-corrected chi connectivity index (χ0v) is 15.1. The number of amides is 1. The Morgan fingerprint density at radius 1 is 1.23 bits per heavy atom. The Labute approximate surface area is 151 Å². The average Bonchev–Trinajstić information content (AvgIpc) is 3.05. The van der Waals surface area contributed by atoms with Crippen LogP contribution < -0.4 is 9.47 Å². The highest BCUT2D eigenvalue weighted by Gasteiger charge is 2.34. The minimum Gasteiger partial charge on any atom is -0.493 e. The first kappa shape index (κ1) is 17.8. The molecule has 1 atom stereocenters. The molecule has 0 bridgehead atoms. The van der Waals surface area contributed by atoms with Gasteiger partial charge >= 0.3 is 5.97 Å². The summed E-state index contributed by atoms with van der Waals surface area (Å²) in [6.45, 7) is 0.449. The van der Waals surface area contributed by atoms with Crippen molar-refractivity contribution in [3.63, 3.8) is 0 Å². The molecule has 0 saturated heterocycles. The molecular formula is C19H22N2O5. The van der Waals surface area contributed by atoms with Crippen LogP contribution in [0.25, 0.3) is 0 Å². The van der Waals surface area contributed by atoms with Crippen LogP contribution >= 0.6 is 0 Å². The van der Waals surface area contributed by atoms with Gasteiger partial charge in [0.2, 0.25) is 0 Å². The first-order valence-electron chi connectivity index (χ1n) is 8.35. The van der Waals surface area contributed by atoms with Gasteiger partial charge in [-0.05, 0) is 41.8 Å². The van der Waals surface area contributed by atoms with E-state index < -0.39 is 12.0 Å². The van der Waals surface area contributed by atoms with Gasteiger partial charge in [-0.2, -0.15) is 0 Å². The molecule has 0 spiro atoms. The molecule has 138 valence electrons. The van der Waals surface area contributed by atoms with E-state index in [1.54, 1.807) is 48.0 Å². The summed E-state index contributed by atoms with van der Waals surface area (Å²) in [5.74, 6) is -0.0103. The van der Waals surface area contributed by atoms with Crippen molar-refractivity contribution in [1.82, 2.24) is 9.47 Å². The number of carboxylic acids is 1. The Morgan fingerprint density at radius 2 is 1.92 bits per heavy atom. The lowest BCUT2D eigenvalue weighted by Crippen LogP contribution is -2.41. The molecule has 0 fully saturated rings. The fraction of sp³-hybridized carbons (Fsp3) is 0.368. The van der Waals surface area contributed by atoms with Gasteiger partial charge in [0.25, 0.3) is 5.91 Å². The molecule has 1 aromatic heterocycles. The molecular weight excluding hydrogens is 336 g/mol. The number of ether oxygens (including phenoxy) is 2. The third-order valence-electron chi connectivity index (χ3n) is 4.79. The molecule has 1 aliphatic heterocycles. The van der Waals surface area contributed by atoms with Crippen molar-refractivity contribution in [1.29, 1.82) is 0 Å². The van der Waals surface area contributed by atoms with Gasteiger partial charge < -0.3 is 24.0 Å². The van der Waals surface area contributed by atoms with E-state index in [0.717, 1.165) is 11.1 Å². The number of carboxylic acid groups (broad SMARTS) is 1. The van der Waals surface area contributed by atoms with Gasteiger partial charge in [0.1, 0.15) is 5.69 Å². The summed E-state index contributed by atoms with van der Waals surface area (Å²) in [6.07, 6.45) is 2.26. The second kappa shape index (κ2) is 7.11. The standard InChI is InChI=1S/C19H22N2O5/c1-20-7-4-5-14(20)19(24)21-8-6-12-9-16(25-2)17(26-3)10-13(12)15(21)11-18(22)23/h4-5,7,9-10,15H,6,8,11H2,1-3H3,(H,22,23). The van der Waals surface area contributed by atoms with Crippen LogP contribution in [-0.4, -0.2) is 47.2 Å². The number of hydrogen-bond acceptors (Lipinski definition) is 4. The van der Waals surface area contributed by atoms with Gasteiger partial charge in [-0.3, -0.25) is 9.59 Å². The van der Waals surface area contributed by atoms with Crippen molar-refractivity contribution in [3.8, 4) is 11.5 Å². The second-order valence-electron chi connectivity index (χ2n) is 6.27. The third-order valence-corrected chi connectivity index (χ3v) is 4.79. The number of carbonyl (C=O) groups excluding carboxylic acids is 1. The fourth-order valence-electron chi connectivity index (χ4n) is 3.49. The number of hydrogen-bond donors (Lipinski definition) is 1. The van der Waals surface area contributed by atoms with Crippen LogP contribution in [-0.2, 0) is 18.3 Å². The molecule has 2 aromatic rings. The van der Waals surface area contributed by atoms with Crippen LogP contribution in [0.5, 0.6) is 11.5 Å². The van der Waals surface area contributed by atoms with E-state index in [-0.39, 0.29) is 12.3 Å². The Bertz CT molecular complexity index is 842. The van der Waals surface area contributed by atoms with Crippen LogP contribution in [0.2, 0.25) is 0 Å². The lowest BCUT2D eigenvalue weighted by molar-refractivity contribution is -0.138. The van der Waals surface area contributed by atoms with E-state index in [2.05, 4.69) is 0 Å². The average molecular weight is 358 g/mol. The Hall–Kier alpha value is -2.96. The number of rotatable bonds is 5. The molecule has 0 saturated carbocycles. The zero-order valence-electron chi connectivity index (χ0n) is 15.1. The molecule has 1 unspecified atom stereocenters. The summed E-state index contributed by atoms with van der Waals surface area (Å²) in [5.41, 5.74) is 2.30. The number of aliphatic carboxylic acids is 1. The first-order valence-corrected chi connectivity index (χ1v) is 8.35. The van der Waals surface area contributed by atoms with Crippen molar-refractivity contribution in [2.45, 2.75) is 18.9 Å².